The number of carbonyl (C=O) groups is 1. The molecule has 31 heavy (non-hydrogen) atoms. The Balaban J connectivity index is 1.57. The molecule has 0 spiro atoms. The van der Waals surface area contributed by atoms with E-state index in [2.05, 4.69) is 37.2 Å². The van der Waals surface area contributed by atoms with E-state index in [0.717, 1.165) is 52.5 Å². The first-order valence-electron chi connectivity index (χ1n) is 10.6. The van der Waals surface area contributed by atoms with Gasteiger partial charge in [-0.15, -0.1) is 11.3 Å². The summed E-state index contributed by atoms with van der Waals surface area (Å²) in [5.74, 6) is 1.28. The van der Waals surface area contributed by atoms with Crippen molar-refractivity contribution in [3.05, 3.63) is 52.7 Å². The van der Waals surface area contributed by atoms with Crippen LogP contribution >= 0.6 is 11.3 Å². The monoisotopic (exact) mass is 439 g/mol. The number of fused-ring (bicyclic) bond motifs is 1. The molecule has 1 N–H and O–H groups in total. The number of carbonyl (C=O) groups excluding carboxylic acids is 1. The number of likely N-dealkylation sites (tertiary alicyclic amines) is 1. The molecule has 1 fully saturated rings. The normalized spacial score (nSPS) is 16.7. The third-order valence-electron chi connectivity index (χ3n) is 5.67. The van der Waals surface area contributed by atoms with Gasteiger partial charge in [0.1, 0.15) is 10.6 Å². The second-order valence-corrected chi connectivity index (χ2v) is 9.05. The van der Waals surface area contributed by atoms with Gasteiger partial charge in [0.25, 0.3) is 5.91 Å². The molecule has 1 saturated heterocycles. The Morgan fingerprint density at radius 1 is 1.29 bits per heavy atom. The molecule has 164 valence electrons. The average molecular weight is 440 g/mol. The maximum Gasteiger partial charge on any atom is 0.261 e. The number of hydrogen-bond acceptors (Lipinski definition) is 7. The summed E-state index contributed by atoms with van der Waals surface area (Å²) < 4.78 is 5.08. The minimum atomic E-state index is -0.0318. The summed E-state index contributed by atoms with van der Waals surface area (Å²) in [5.41, 5.74) is 2.37. The number of ether oxygens (including phenoxy) is 1. The molecule has 0 radical (unpaired) electrons. The minimum absolute atomic E-state index is 0.0318. The van der Waals surface area contributed by atoms with Crippen molar-refractivity contribution in [1.29, 1.82) is 0 Å². The number of nitrogens with zero attached hydrogens (tertiary/aromatic N) is 4. The van der Waals surface area contributed by atoms with Gasteiger partial charge in [-0.2, -0.15) is 0 Å². The van der Waals surface area contributed by atoms with E-state index in [9.17, 15) is 4.79 Å². The lowest BCUT2D eigenvalue weighted by Gasteiger charge is -2.21. The van der Waals surface area contributed by atoms with Crippen LogP contribution in [0.1, 0.15) is 33.1 Å². The predicted molar refractivity (Wildman–Crippen MR) is 125 cm³/mol. The molecule has 3 aromatic rings. The molecular formula is C23H29N5O2S. The molecule has 0 aromatic carbocycles. The Labute approximate surface area is 187 Å². The summed E-state index contributed by atoms with van der Waals surface area (Å²) in [6.45, 7) is 3.77. The Morgan fingerprint density at radius 3 is 2.90 bits per heavy atom. The van der Waals surface area contributed by atoms with Gasteiger partial charge in [0.2, 0.25) is 0 Å². The van der Waals surface area contributed by atoms with E-state index >= 15 is 0 Å². The fourth-order valence-electron chi connectivity index (χ4n) is 4.28. The summed E-state index contributed by atoms with van der Waals surface area (Å²) in [6, 6.07) is 8.19. The maximum absolute atomic E-state index is 12.9. The molecule has 1 amide bonds. The van der Waals surface area contributed by atoms with Crippen molar-refractivity contribution in [1.82, 2.24) is 20.2 Å². The van der Waals surface area contributed by atoms with Crippen LogP contribution in [0.2, 0.25) is 0 Å². The molecule has 4 rings (SSSR count). The molecule has 0 saturated carbocycles. The van der Waals surface area contributed by atoms with E-state index in [1.54, 1.807) is 13.3 Å². The van der Waals surface area contributed by atoms with Crippen LogP contribution in [0.3, 0.4) is 0 Å². The Kier molecular flexibility index (Phi) is 6.80. The van der Waals surface area contributed by atoms with Crippen molar-refractivity contribution in [3.8, 4) is 0 Å². The summed E-state index contributed by atoms with van der Waals surface area (Å²) >= 11 is 1.49. The van der Waals surface area contributed by atoms with Crippen molar-refractivity contribution in [2.45, 2.75) is 18.9 Å². The van der Waals surface area contributed by atoms with Crippen molar-refractivity contribution in [3.63, 3.8) is 0 Å². The van der Waals surface area contributed by atoms with Crippen molar-refractivity contribution < 1.29 is 9.53 Å². The second-order valence-electron chi connectivity index (χ2n) is 8.05. The number of thiophene rings is 1. The standard InChI is InChI=1S/C23H29N5O2S/c1-27(2)21-17(6-4-9-24-21)15-28-12-8-16(14-28)19-18-7-5-10-26-23(18)31-20(19)22(29)25-11-13-30-3/h4-7,9-10,16H,8,11-15H2,1-3H3,(H,25,29)/t16-/m1/s1. The van der Waals surface area contributed by atoms with E-state index in [0.29, 0.717) is 19.1 Å². The highest BCUT2D eigenvalue weighted by Crippen LogP contribution is 2.39. The molecule has 0 bridgehead atoms. The largest absolute Gasteiger partial charge is 0.383 e. The first-order valence-corrected chi connectivity index (χ1v) is 11.4. The average Bonchev–Trinajstić information content (AvgIpc) is 3.38. The highest BCUT2D eigenvalue weighted by Gasteiger charge is 2.31. The molecule has 8 heteroatoms. The molecule has 1 atom stereocenters. The zero-order chi connectivity index (χ0) is 21.8. The van der Waals surface area contributed by atoms with Gasteiger partial charge in [0, 0.05) is 70.1 Å². The number of amides is 1. The number of methoxy groups -OCH3 is 1. The van der Waals surface area contributed by atoms with E-state index in [1.807, 2.05) is 32.4 Å². The lowest BCUT2D eigenvalue weighted by atomic mass is 9.95. The molecule has 3 aromatic heterocycles. The molecule has 0 aliphatic carbocycles. The van der Waals surface area contributed by atoms with Crippen LogP contribution in [0, 0.1) is 0 Å². The first-order chi connectivity index (χ1) is 15.1. The fourth-order valence-corrected chi connectivity index (χ4v) is 5.43. The smallest absolute Gasteiger partial charge is 0.261 e. The van der Waals surface area contributed by atoms with Crippen molar-refractivity contribution in [2.75, 3.05) is 52.3 Å². The van der Waals surface area contributed by atoms with Crippen LogP contribution in [-0.4, -0.2) is 68.2 Å². The highest BCUT2D eigenvalue weighted by molar-refractivity contribution is 7.20. The van der Waals surface area contributed by atoms with Crippen LogP contribution in [0.5, 0.6) is 0 Å². The quantitative estimate of drug-likeness (QED) is 0.544. The van der Waals surface area contributed by atoms with E-state index in [4.69, 9.17) is 4.74 Å². The highest BCUT2D eigenvalue weighted by atomic mass is 32.1. The van der Waals surface area contributed by atoms with E-state index in [-0.39, 0.29) is 5.91 Å². The fraction of sp³-hybridized carbons (Fsp3) is 0.435. The number of aromatic nitrogens is 2. The van der Waals surface area contributed by atoms with Gasteiger partial charge in [-0.25, -0.2) is 9.97 Å². The van der Waals surface area contributed by atoms with Gasteiger partial charge >= 0.3 is 0 Å². The number of nitrogens with one attached hydrogen (secondary N) is 1. The second kappa shape index (κ2) is 9.72. The van der Waals surface area contributed by atoms with E-state index < -0.39 is 0 Å². The third-order valence-corrected chi connectivity index (χ3v) is 6.80. The Bertz CT molecular complexity index is 1050. The maximum atomic E-state index is 12.9. The van der Waals surface area contributed by atoms with Crippen molar-refractivity contribution >= 4 is 33.3 Å². The number of rotatable bonds is 8. The summed E-state index contributed by atoms with van der Waals surface area (Å²) in [7, 11) is 5.69. The zero-order valence-corrected chi connectivity index (χ0v) is 19.1. The van der Waals surface area contributed by atoms with Gasteiger partial charge in [0.15, 0.2) is 0 Å². The van der Waals surface area contributed by atoms with Gasteiger partial charge in [0.05, 0.1) is 11.5 Å². The van der Waals surface area contributed by atoms with Crippen LogP contribution in [0.25, 0.3) is 10.2 Å². The van der Waals surface area contributed by atoms with Gasteiger partial charge in [-0.3, -0.25) is 9.69 Å². The van der Waals surface area contributed by atoms with Crippen LogP contribution in [0.4, 0.5) is 5.82 Å². The van der Waals surface area contributed by atoms with E-state index in [1.165, 1.54) is 16.9 Å². The molecule has 1 aliphatic rings. The van der Waals surface area contributed by atoms with Crippen LogP contribution < -0.4 is 10.2 Å². The summed E-state index contributed by atoms with van der Waals surface area (Å²) in [5, 5.41) is 4.09. The topological polar surface area (TPSA) is 70.6 Å². The first kappa shape index (κ1) is 21.7. The van der Waals surface area contributed by atoms with Gasteiger partial charge < -0.3 is 15.0 Å². The molecule has 4 heterocycles. The Morgan fingerprint density at radius 2 is 2.10 bits per heavy atom. The lowest BCUT2D eigenvalue weighted by Crippen LogP contribution is -2.27. The van der Waals surface area contributed by atoms with Crippen molar-refractivity contribution in [2.24, 2.45) is 0 Å². The number of hydrogen-bond donors (Lipinski definition) is 1. The third kappa shape index (κ3) is 4.71. The molecule has 1 aliphatic heterocycles. The Hall–Kier alpha value is -2.55. The summed E-state index contributed by atoms with van der Waals surface area (Å²) in [6.07, 6.45) is 4.66. The van der Waals surface area contributed by atoms with Gasteiger partial charge in [-0.05, 0) is 30.7 Å². The molecule has 7 nitrogen and oxygen atoms in total. The number of pyridine rings is 2. The number of anilines is 1. The lowest BCUT2D eigenvalue weighted by molar-refractivity contribution is 0.0940. The van der Waals surface area contributed by atoms with Crippen LogP contribution in [-0.2, 0) is 11.3 Å². The molecular weight excluding hydrogens is 410 g/mol. The van der Waals surface area contributed by atoms with Crippen LogP contribution in [0.15, 0.2) is 36.7 Å². The van der Waals surface area contributed by atoms with Gasteiger partial charge in [-0.1, -0.05) is 12.1 Å². The molecule has 0 unspecified atom stereocenters. The SMILES string of the molecule is COCCNC(=O)c1sc2ncccc2c1[C@@H]1CCN(Cc2cccnc2N(C)C)C1. The summed E-state index contributed by atoms with van der Waals surface area (Å²) in [4.78, 5) is 28.2. The minimum Gasteiger partial charge on any atom is -0.383 e. The zero-order valence-electron chi connectivity index (χ0n) is 18.3. The predicted octanol–water partition coefficient (Wildman–Crippen LogP) is 3.12.